The molecule has 0 saturated carbocycles. The van der Waals surface area contributed by atoms with E-state index in [1.165, 1.54) is 13.3 Å². The zero-order valence-corrected chi connectivity index (χ0v) is 13.9. The van der Waals surface area contributed by atoms with Crippen LogP contribution in [-0.4, -0.2) is 15.9 Å². The number of hydrogen-bond acceptors (Lipinski definition) is 4. The van der Waals surface area contributed by atoms with Crippen LogP contribution in [0.2, 0.25) is 5.15 Å². The second-order valence-corrected chi connectivity index (χ2v) is 6.39. The first-order valence-corrected chi connectivity index (χ1v) is 8.01. The molecule has 1 aromatic heterocycles. The maximum atomic E-state index is 11.4. The smallest absolute Gasteiger partial charge is 0.303 e. The number of carbonyl (C=O) groups excluding carboxylic acids is 1. The fourth-order valence-electron chi connectivity index (χ4n) is 3.12. The van der Waals surface area contributed by atoms with Gasteiger partial charge in [0, 0.05) is 18.4 Å². The number of carbonyl (C=O) groups is 1. The molecule has 2 rings (SSSR count). The number of rotatable bonds is 5. The van der Waals surface area contributed by atoms with Crippen LogP contribution < -0.4 is 0 Å². The van der Waals surface area contributed by atoms with Crippen molar-refractivity contribution in [3.05, 3.63) is 22.7 Å². The molecule has 116 valence electrons. The summed E-state index contributed by atoms with van der Waals surface area (Å²) in [5.74, 6) is 0.831. The van der Waals surface area contributed by atoms with Crippen molar-refractivity contribution in [2.45, 2.75) is 59.0 Å². The number of hydrogen-bond donors (Lipinski definition) is 0. The van der Waals surface area contributed by atoms with Crippen LogP contribution in [0.15, 0.2) is 6.33 Å². The lowest BCUT2D eigenvalue weighted by Crippen LogP contribution is -2.17. The largest absolute Gasteiger partial charge is 0.456 e. The number of halogens is 1. The summed E-state index contributed by atoms with van der Waals surface area (Å²) in [5.41, 5.74) is 1.73. The number of esters is 1. The fourth-order valence-corrected chi connectivity index (χ4v) is 3.43. The van der Waals surface area contributed by atoms with Crippen LogP contribution in [0.1, 0.15) is 70.2 Å². The molecule has 1 heterocycles. The van der Waals surface area contributed by atoms with Gasteiger partial charge in [0.1, 0.15) is 17.6 Å². The molecule has 4 atom stereocenters. The van der Waals surface area contributed by atoms with Crippen molar-refractivity contribution in [3.63, 3.8) is 0 Å². The summed E-state index contributed by atoms with van der Waals surface area (Å²) in [6.45, 7) is 8.01. The van der Waals surface area contributed by atoms with Crippen LogP contribution in [0, 0.1) is 11.8 Å². The lowest BCUT2D eigenvalue weighted by Gasteiger charge is -2.23. The Hall–Kier alpha value is -1.16. The minimum atomic E-state index is -0.294. The van der Waals surface area contributed by atoms with Gasteiger partial charge in [-0.05, 0) is 18.3 Å². The third-order valence-electron chi connectivity index (χ3n) is 4.60. The quantitative estimate of drug-likeness (QED) is 0.601. The Bertz CT molecular complexity index is 521. The molecule has 2 unspecified atom stereocenters. The van der Waals surface area contributed by atoms with E-state index in [1.54, 1.807) is 0 Å². The van der Waals surface area contributed by atoms with Crippen LogP contribution in [0.4, 0.5) is 0 Å². The minimum absolute atomic E-state index is 0.210. The Morgan fingerprint density at radius 2 is 2.19 bits per heavy atom. The number of fused-ring (bicyclic) bond motifs is 1. The zero-order chi connectivity index (χ0) is 15.6. The zero-order valence-electron chi connectivity index (χ0n) is 13.1. The Labute approximate surface area is 131 Å². The van der Waals surface area contributed by atoms with Gasteiger partial charge in [-0.1, -0.05) is 45.2 Å². The van der Waals surface area contributed by atoms with E-state index in [9.17, 15) is 4.79 Å². The molecule has 5 heteroatoms. The summed E-state index contributed by atoms with van der Waals surface area (Å²) in [6, 6.07) is 0. The first-order valence-electron chi connectivity index (χ1n) is 7.63. The van der Waals surface area contributed by atoms with Crippen molar-refractivity contribution >= 4 is 17.6 Å². The van der Waals surface area contributed by atoms with Crippen LogP contribution in [0.5, 0.6) is 0 Å². The molecule has 0 radical (unpaired) electrons. The molecule has 1 aliphatic rings. The van der Waals surface area contributed by atoms with Crippen LogP contribution in [0.3, 0.4) is 0 Å². The van der Waals surface area contributed by atoms with Crippen molar-refractivity contribution in [1.29, 1.82) is 0 Å². The first kappa shape index (κ1) is 16.2. The van der Waals surface area contributed by atoms with Gasteiger partial charge in [0.15, 0.2) is 0 Å². The summed E-state index contributed by atoms with van der Waals surface area (Å²) in [5, 5.41) is 0.482. The summed E-state index contributed by atoms with van der Waals surface area (Å²) in [6.07, 6.45) is 4.43. The van der Waals surface area contributed by atoms with Crippen molar-refractivity contribution in [1.82, 2.24) is 9.97 Å². The molecule has 0 amide bonds. The third-order valence-corrected chi connectivity index (χ3v) is 4.91. The Morgan fingerprint density at radius 3 is 2.81 bits per heavy atom. The monoisotopic (exact) mass is 310 g/mol. The molecule has 0 aliphatic heterocycles. The highest BCUT2D eigenvalue weighted by molar-refractivity contribution is 6.30. The van der Waals surface area contributed by atoms with E-state index < -0.39 is 0 Å². The van der Waals surface area contributed by atoms with Gasteiger partial charge in [-0.2, -0.15) is 0 Å². The summed E-state index contributed by atoms with van der Waals surface area (Å²) in [4.78, 5) is 19.8. The molecule has 4 nitrogen and oxygen atoms in total. The van der Waals surface area contributed by atoms with Gasteiger partial charge in [-0.25, -0.2) is 9.97 Å². The Balaban J connectivity index is 2.27. The average Bonchev–Trinajstić information content (AvgIpc) is 2.70. The standard InChI is InChI=1S/C16H23ClN2O2/c1-5-9(2)6-7-12-10(3)13-14(15(12)21-11(4)20)18-8-19-16(13)17/h8-10,12,15H,5-7H2,1-4H3/t9-,10-,12?,15?/m1/s1. The highest BCUT2D eigenvalue weighted by Gasteiger charge is 2.43. The molecule has 0 fully saturated rings. The molecule has 1 aromatic rings. The second kappa shape index (κ2) is 6.73. The lowest BCUT2D eigenvalue weighted by atomic mass is 9.86. The van der Waals surface area contributed by atoms with Crippen molar-refractivity contribution < 1.29 is 9.53 Å². The number of nitrogens with zero attached hydrogens (tertiary/aromatic N) is 2. The Morgan fingerprint density at radius 1 is 1.48 bits per heavy atom. The average molecular weight is 311 g/mol. The van der Waals surface area contributed by atoms with Gasteiger partial charge in [0.25, 0.3) is 0 Å². The first-order chi connectivity index (χ1) is 9.95. The van der Waals surface area contributed by atoms with Gasteiger partial charge < -0.3 is 4.74 Å². The van der Waals surface area contributed by atoms with Crippen LogP contribution >= 0.6 is 11.6 Å². The van der Waals surface area contributed by atoms with E-state index in [0.29, 0.717) is 11.1 Å². The van der Waals surface area contributed by atoms with E-state index in [2.05, 4.69) is 30.7 Å². The minimum Gasteiger partial charge on any atom is -0.456 e. The predicted octanol–water partition coefficient (Wildman–Crippen LogP) is 4.29. The van der Waals surface area contributed by atoms with Crippen LogP contribution in [0.25, 0.3) is 0 Å². The van der Waals surface area contributed by atoms with Gasteiger partial charge in [-0.3, -0.25) is 4.79 Å². The number of aromatic nitrogens is 2. The molecule has 0 aromatic carbocycles. The van der Waals surface area contributed by atoms with Crippen LogP contribution in [-0.2, 0) is 9.53 Å². The van der Waals surface area contributed by atoms with Gasteiger partial charge in [-0.15, -0.1) is 0 Å². The topological polar surface area (TPSA) is 52.1 Å². The van der Waals surface area contributed by atoms with Gasteiger partial charge >= 0.3 is 5.97 Å². The molecule has 0 N–H and O–H groups in total. The molecule has 0 spiro atoms. The summed E-state index contributed by atoms with van der Waals surface area (Å²) in [7, 11) is 0. The van der Waals surface area contributed by atoms with E-state index >= 15 is 0 Å². The SMILES string of the molecule is CC[C@@H](C)CCC1C(OC(C)=O)c2ncnc(Cl)c2[C@@H]1C. The second-order valence-electron chi connectivity index (χ2n) is 6.04. The van der Waals surface area contributed by atoms with Gasteiger partial charge in [0.05, 0.1) is 5.69 Å². The maximum absolute atomic E-state index is 11.4. The lowest BCUT2D eigenvalue weighted by molar-refractivity contribution is -0.149. The highest BCUT2D eigenvalue weighted by atomic mass is 35.5. The van der Waals surface area contributed by atoms with E-state index in [-0.39, 0.29) is 23.9 Å². The van der Waals surface area contributed by atoms with Crippen molar-refractivity contribution in [3.8, 4) is 0 Å². The molecule has 0 saturated heterocycles. The number of ether oxygens (including phenoxy) is 1. The molecular weight excluding hydrogens is 288 g/mol. The normalized spacial score (nSPS) is 25.5. The van der Waals surface area contributed by atoms with Crippen molar-refractivity contribution in [2.24, 2.45) is 11.8 Å². The highest BCUT2D eigenvalue weighted by Crippen LogP contribution is 2.50. The molecular formula is C16H23ClN2O2. The Kier molecular flexibility index (Phi) is 5.20. The predicted molar refractivity (Wildman–Crippen MR) is 82.1 cm³/mol. The molecule has 1 aliphatic carbocycles. The van der Waals surface area contributed by atoms with E-state index in [4.69, 9.17) is 16.3 Å². The fraction of sp³-hybridized carbons (Fsp3) is 0.688. The molecule has 21 heavy (non-hydrogen) atoms. The maximum Gasteiger partial charge on any atom is 0.303 e. The van der Waals surface area contributed by atoms with Gasteiger partial charge in [0.2, 0.25) is 0 Å². The summed E-state index contributed by atoms with van der Waals surface area (Å²) >= 11 is 6.23. The third kappa shape index (κ3) is 3.37. The van der Waals surface area contributed by atoms with E-state index in [1.807, 2.05) is 0 Å². The molecule has 0 bridgehead atoms. The summed E-state index contributed by atoms with van der Waals surface area (Å²) < 4.78 is 5.55. The van der Waals surface area contributed by atoms with Crippen molar-refractivity contribution in [2.75, 3.05) is 0 Å². The van der Waals surface area contributed by atoms with E-state index in [0.717, 1.165) is 30.5 Å².